The van der Waals surface area contributed by atoms with E-state index >= 15 is 0 Å². The number of nitrogens with one attached hydrogen (secondary N) is 1. The smallest absolute Gasteiger partial charge is 0.325 e. The number of carbonyl (C=O) groups is 3. The molecule has 1 aliphatic heterocycles. The second-order valence-electron chi connectivity index (χ2n) is 5.67. The number of hydrazone groups is 1. The Morgan fingerprint density at radius 1 is 1.20 bits per heavy atom. The van der Waals surface area contributed by atoms with Gasteiger partial charge in [-0.1, -0.05) is 0 Å². The molecule has 2 aromatic rings. The molecule has 1 aliphatic rings. The Morgan fingerprint density at radius 3 is 2.43 bits per heavy atom. The van der Waals surface area contributed by atoms with Gasteiger partial charge >= 0.3 is 35.5 Å². The van der Waals surface area contributed by atoms with Crippen LogP contribution in [0.15, 0.2) is 47.7 Å². The van der Waals surface area contributed by atoms with Crippen LogP contribution in [0.25, 0.3) is 0 Å². The molecule has 2 N–H and O–H groups in total. The number of aromatic nitrogens is 1. The molecule has 13 heteroatoms. The first-order valence-corrected chi connectivity index (χ1v) is 9.52. The van der Waals surface area contributed by atoms with Gasteiger partial charge in [-0.15, -0.1) is 41.0 Å². The Morgan fingerprint density at radius 2 is 1.90 bits per heavy atom. The SMILES string of the molecule is O=C(ON1C(=O)CCC1=O)c1ccc(NN=C(c2[c-]cccc2)S(=O)(=O)O)nc1.[Na+]. The summed E-state index contributed by atoms with van der Waals surface area (Å²) in [6.45, 7) is 0. The van der Waals surface area contributed by atoms with E-state index in [4.69, 9.17) is 4.84 Å². The minimum Gasteiger partial charge on any atom is -0.325 e. The van der Waals surface area contributed by atoms with Crippen LogP contribution in [-0.2, 0) is 24.5 Å². The molecule has 30 heavy (non-hydrogen) atoms. The van der Waals surface area contributed by atoms with Crippen molar-refractivity contribution in [1.82, 2.24) is 10.0 Å². The van der Waals surface area contributed by atoms with Crippen molar-refractivity contribution in [1.29, 1.82) is 0 Å². The number of benzene rings is 1. The Kier molecular flexibility index (Phi) is 7.81. The molecule has 1 fully saturated rings. The number of rotatable bonds is 5. The van der Waals surface area contributed by atoms with E-state index in [-0.39, 0.29) is 59.3 Å². The van der Waals surface area contributed by atoms with Crippen molar-refractivity contribution in [2.75, 3.05) is 5.43 Å². The predicted octanol–water partition coefficient (Wildman–Crippen LogP) is -2.23. The second kappa shape index (κ2) is 9.91. The Bertz CT molecular complexity index is 1070. The zero-order valence-electron chi connectivity index (χ0n) is 15.6. The largest absolute Gasteiger partial charge is 1.00 e. The third-order valence-electron chi connectivity index (χ3n) is 3.63. The van der Waals surface area contributed by atoms with Crippen molar-refractivity contribution in [3.8, 4) is 0 Å². The number of anilines is 1. The van der Waals surface area contributed by atoms with Crippen LogP contribution in [0.1, 0.15) is 28.8 Å². The molecule has 0 unspecified atom stereocenters. The first-order chi connectivity index (χ1) is 13.8. The van der Waals surface area contributed by atoms with E-state index in [1.165, 1.54) is 24.3 Å². The molecule has 1 saturated heterocycles. The van der Waals surface area contributed by atoms with Gasteiger partial charge in [0, 0.05) is 19.0 Å². The van der Waals surface area contributed by atoms with E-state index in [2.05, 4.69) is 21.6 Å². The molecule has 0 radical (unpaired) electrons. The normalized spacial score (nSPS) is 14.3. The number of imide groups is 1. The summed E-state index contributed by atoms with van der Waals surface area (Å²) in [6, 6.07) is 11.2. The van der Waals surface area contributed by atoms with Gasteiger partial charge in [-0.25, -0.2) is 23.3 Å². The summed E-state index contributed by atoms with van der Waals surface area (Å²) < 4.78 is 32.4. The van der Waals surface area contributed by atoms with Crippen LogP contribution < -0.4 is 35.0 Å². The van der Waals surface area contributed by atoms with Crippen LogP contribution >= 0.6 is 0 Å². The van der Waals surface area contributed by atoms with Crippen molar-refractivity contribution < 1.29 is 61.7 Å². The molecule has 2 amide bonds. The number of pyridine rings is 1. The van der Waals surface area contributed by atoms with Gasteiger partial charge in [-0.2, -0.15) is 0 Å². The number of carbonyl (C=O) groups excluding carboxylic acids is 3. The summed E-state index contributed by atoms with van der Waals surface area (Å²) in [6.07, 6.45) is 1.02. The molecule has 0 spiro atoms. The van der Waals surface area contributed by atoms with Crippen molar-refractivity contribution in [3.05, 3.63) is 59.8 Å². The molecule has 0 bridgehead atoms. The van der Waals surface area contributed by atoms with Crippen molar-refractivity contribution in [3.63, 3.8) is 0 Å². The van der Waals surface area contributed by atoms with Gasteiger partial charge in [0.2, 0.25) is 0 Å². The number of amides is 2. The minimum atomic E-state index is -4.65. The summed E-state index contributed by atoms with van der Waals surface area (Å²) in [7, 11) is -4.65. The van der Waals surface area contributed by atoms with Gasteiger partial charge in [0.1, 0.15) is 10.9 Å². The van der Waals surface area contributed by atoms with Gasteiger partial charge in [0.05, 0.1) is 5.56 Å². The van der Waals surface area contributed by atoms with Crippen molar-refractivity contribution in [2.24, 2.45) is 5.10 Å². The third kappa shape index (κ3) is 5.70. The molecule has 150 valence electrons. The number of nitrogens with zero attached hydrogens (tertiary/aromatic N) is 3. The van der Waals surface area contributed by atoms with Crippen LogP contribution in [-0.4, -0.2) is 45.8 Å². The molecule has 3 rings (SSSR count). The van der Waals surface area contributed by atoms with Crippen LogP contribution in [0.3, 0.4) is 0 Å². The quantitative estimate of drug-likeness (QED) is 0.0999. The molecule has 1 aromatic carbocycles. The maximum atomic E-state index is 12.0. The van der Waals surface area contributed by atoms with E-state index in [9.17, 15) is 27.4 Å². The Labute approximate surface area is 193 Å². The molecule has 11 nitrogen and oxygen atoms in total. The summed E-state index contributed by atoms with van der Waals surface area (Å²) in [4.78, 5) is 43.6. The summed E-state index contributed by atoms with van der Waals surface area (Å²) in [5, 5.41) is 3.37. The van der Waals surface area contributed by atoms with Crippen LogP contribution in [0.2, 0.25) is 0 Å². The van der Waals surface area contributed by atoms with Gasteiger partial charge in [-0.3, -0.25) is 19.6 Å². The van der Waals surface area contributed by atoms with Gasteiger partial charge in [0.15, 0.2) is 0 Å². The van der Waals surface area contributed by atoms with Gasteiger partial charge < -0.3 is 4.84 Å². The molecule has 1 aromatic heterocycles. The van der Waals surface area contributed by atoms with Crippen molar-refractivity contribution >= 4 is 38.8 Å². The van der Waals surface area contributed by atoms with Crippen LogP contribution in [0, 0.1) is 6.07 Å². The van der Waals surface area contributed by atoms with Crippen molar-refractivity contribution in [2.45, 2.75) is 12.8 Å². The molecule has 2 heterocycles. The van der Waals surface area contributed by atoms with Gasteiger partial charge in [0.25, 0.3) is 21.9 Å². The van der Waals surface area contributed by atoms with Crippen LogP contribution in [0.4, 0.5) is 5.82 Å². The van der Waals surface area contributed by atoms with Crippen LogP contribution in [0.5, 0.6) is 0 Å². The first kappa shape index (κ1) is 23.6. The number of hydroxylamine groups is 2. The monoisotopic (exact) mass is 440 g/mol. The minimum absolute atomic E-state index is 0. The average Bonchev–Trinajstić information content (AvgIpc) is 3.00. The zero-order chi connectivity index (χ0) is 21.0. The maximum absolute atomic E-state index is 12.0. The zero-order valence-corrected chi connectivity index (χ0v) is 18.4. The first-order valence-electron chi connectivity index (χ1n) is 8.08. The van der Waals surface area contributed by atoms with E-state index < -0.39 is 32.9 Å². The molecular formula is C17H13N4NaO7S. The summed E-state index contributed by atoms with van der Waals surface area (Å²) in [5.41, 5.74) is 2.32. The Hall–Kier alpha value is -2.64. The van der Waals surface area contributed by atoms with Gasteiger partial charge in [-0.05, 0) is 12.1 Å². The Balaban J connectivity index is 0.00000320. The summed E-state index contributed by atoms with van der Waals surface area (Å²) >= 11 is 0. The maximum Gasteiger partial charge on any atom is 1.00 e. The second-order valence-corrected chi connectivity index (χ2v) is 7.01. The van der Waals surface area contributed by atoms with E-state index in [0.29, 0.717) is 5.06 Å². The van der Waals surface area contributed by atoms with E-state index in [1.54, 1.807) is 12.1 Å². The predicted molar refractivity (Wildman–Crippen MR) is 97.7 cm³/mol. The van der Waals surface area contributed by atoms with E-state index in [0.717, 1.165) is 6.20 Å². The molecular weight excluding hydrogens is 427 g/mol. The fourth-order valence-electron chi connectivity index (χ4n) is 2.27. The third-order valence-corrected chi connectivity index (χ3v) is 4.43. The number of hydrogen-bond acceptors (Lipinski definition) is 9. The van der Waals surface area contributed by atoms with E-state index in [1.807, 2.05) is 0 Å². The molecule has 0 aliphatic carbocycles. The fraction of sp³-hybridized carbons (Fsp3) is 0.118. The average molecular weight is 440 g/mol. The molecule has 0 atom stereocenters. The fourth-order valence-corrected chi connectivity index (χ4v) is 2.83. The standard InChI is InChI=1S/C17H13N4O7S.Na/c22-14-8-9-15(23)21(14)28-17(24)12-6-7-13(18-10-12)19-20-16(29(25,26)27)11-4-2-1-3-5-11;/h1-4,6-7,10H,8-9H2,(H,18,19)(H,25,26,27);/q-1;+1. The number of hydrogen-bond donors (Lipinski definition) is 2. The topological polar surface area (TPSA) is 155 Å². The molecule has 0 saturated carbocycles. The summed E-state index contributed by atoms with van der Waals surface area (Å²) in [5.74, 6) is -2.14.